The van der Waals surface area contributed by atoms with Crippen LogP contribution in [0.15, 0.2) is 42.5 Å². The van der Waals surface area contributed by atoms with Crippen LogP contribution >= 0.6 is 11.3 Å². The van der Waals surface area contributed by atoms with Crippen LogP contribution in [0.5, 0.6) is 0 Å². The smallest absolute Gasteiger partial charge is 0.380 e. The number of alkyl halides is 3. The van der Waals surface area contributed by atoms with Gasteiger partial charge in [-0.15, -0.1) is 0 Å². The Morgan fingerprint density at radius 2 is 1.82 bits per heavy atom. The minimum atomic E-state index is -4.37. The lowest BCUT2D eigenvalue weighted by atomic mass is 9.92. The normalized spacial score (nSPS) is 20.1. The van der Waals surface area contributed by atoms with Crippen molar-refractivity contribution in [2.45, 2.75) is 37.0 Å². The van der Waals surface area contributed by atoms with E-state index in [1.165, 1.54) is 17.4 Å². The first-order valence-corrected chi connectivity index (χ1v) is 11.8. The number of thiazole rings is 1. The Labute approximate surface area is 198 Å². The van der Waals surface area contributed by atoms with Gasteiger partial charge < -0.3 is 25.6 Å². The molecule has 0 bridgehead atoms. The van der Waals surface area contributed by atoms with E-state index in [-0.39, 0.29) is 19.3 Å². The molecule has 5 rings (SSSR count). The summed E-state index contributed by atoms with van der Waals surface area (Å²) in [6, 6.07) is 11.0. The third-order valence-electron chi connectivity index (χ3n) is 6.32. The number of benzene rings is 2. The Morgan fingerprint density at radius 3 is 2.44 bits per heavy atom. The number of fused-ring (bicyclic) bond motifs is 1. The van der Waals surface area contributed by atoms with Crippen molar-refractivity contribution in [2.24, 2.45) is 0 Å². The van der Waals surface area contributed by atoms with Crippen molar-refractivity contribution in [3.8, 4) is 0 Å². The van der Waals surface area contributed by atoms with Crippen molar-refractivity contribution in [3.63, 3.8) is 0 Å². The first kappa shape index (κ1) is 23.3. The molecule has 34 heavy (non-hydrogen) atoms. The van der Waals surface area contributed by atoms with E-state index in [4.69, 9.17) is 4.74 Å². The number of nitrogens with zero attached hydrogens (tertiary/aromatic N) is 2. The summed E-state index contributed by atoms with van der Waals surface area (Å²) in [4.78, 5) is 6.34. The fourth-order valence-corrected chi connectivity index (χ4v) is 5.19. The molecule has 0 saturated carbocycles. The zero-order valence-corrected chi connectivity index (χ0v) is 19.0. The van der Waals surface area contributed by atoms with E-state index in [9.17, 15) is 23.4 Å². The van der Waals surface area contributed by atoms with Gasteiger partial charge in [0.1, 0.15) is 5.60 Å². The number of ether oxygens (including phenoxy) is 1. The van der Waals surface area contributed by atoms with Crippen LogP contribution in [0, 0.1) is 0 Å². The molecule has 2 aliphatic rings. The molecule has 182 valence electrons. The molecule has 0 aliphatic carbocycles. The highest BCUT2D eigenvalue weighted by Crippen LogP contribution is 2.35. The summed E-state index contributed by atoms with van der Waals surface area (Å²) >= 11 is 1.22. The van der Waals surface area contributed by atoms with E-state index < -0.39 is 23.7 Å². The van der Waals surface area contributed by atoms with Crippen molar-refractivity contribution in [1.29, 1.82) is 0 Å². The number of likely N-dealkylation sites (tertiary alicyclic amines) is 1. The molecule has 0 radical (unpaired) electrons. The molecular formula is C23H25F3N4O3S. The molecule has 0 spiro atoms. The number of rotatable bonds is 6. The van der Waals surface area contributed by atoms with Gasteiger partial charge in [-0.3, -0.25) is 4.90 Å². The molecule has 3 aromatic rings. The second kappa shape index (κ2) is 8.97. The van der Waals surface area contributed by atoms with Gasteiger partial charge in [-0.1, -0.05) is 23.5 Å². The Kier molecular flexibility index (Phi) is 6.15. The number of anilines is 2. The lowest BCUT2D eigenvalue weighted by molar-refractivity contribution is -0.184. The summed E-state index contributed by atoms with van der Waals surface area (Å²) in [5.41, 5.74) is 0.479. The summed E-state index contributed by atoms with van der Waals surface area (Å²) in [5, 5.41) is 27.9. The predicted octanol–water partition coefficient (Wildman–Crippen LogP) is 3.80. The van der Waals surface area contributed by atoms with Crippen LogP contribution in [0.3, 0.4) is 0 Å². The molecular weight excluding hydrogens is 469 g/mol. The highest BCUT2D eigenvalue weighted by atomic mass is 32.1. The quantitative estimate of drug-likeness (QED) is 0.388. The third kappa shape index (κ3) is 4.84. The molecule has 1 unspecified atom stereocenters. The van der Waals surface area contributed by atoms with Gasteiger partial charge in [0.25, 0.3) is 0 Å². The third-order valence-corrected chi connectivity index (χ3v) is 7.27. The average molecular weight is 495 g/mol. The van der Waals surface area contributed by atoms with Crippen molar-refractivity contribution >= 4 is 32.4 Å². The number of hydrogen-bond acceptors (Lipinski definition) is 8. The second-order valence-corrected chi connectivity index (χ2v) is 9.80. The minimum Gasteiger partial charge on any atom is -0.380 e. The Balaban J connectivity index is 1.13. The number of nitrogens with one attached hydrogen (secondary N) is 2. The molecule has 2 saturated heterocycles. The molecule has 0 amide bonds. The molecule has 2 aromatic carbocycles. The maximum absolute atomic E-state index is 12.9. The maximum Gasteiger partial charge on any atom is 0.416 e. The first-order valence-electron chi connectivity index (χ1n) is 11.0. The molecule has 3 heterocycles. The van der Waals surface area contributed by atoms with E-state index in [0.29, 0.717) is 28.4 Å². The number of halogens is 3. The Bertz CT molecular complexity index is 1140. The molecule has 11 heteroatoms. The number of aliphatic hydroxyl groups is 2. The van der Waals surface area contributed by atoms with Gasteiger partial charge in [-0.05, 0) is 48.7 Å². The standard InChI is InChI=1S/C23H25F3N4O3S/c24-23(25,26)15-3-6-18-19(11-15)34-20(29-18)27-17-7-9-30(10-8-17)21(31)28-16-4-1-14(2-5-16)22(32)12-33-13-22/h1-6,11,17,21,28,31-32H,7-10,12-13H2,(H,27,29). The highest BCUT2D eigenvalue weighted by Gasteiger charge is 2.37. The van der Waals surface area contributed by atoms with Crippen LogP contribution in [0.2, 0.25) is 0 Å². The van der Waals surface area contributed by atoms with Crippen LogP contribution in [0.25, 0.3) is 10.2 Å². The summed E-state index contributed by atoms with van der Waals surface area (Å²) in [5.74, 6) is 0. The first-order chi connectivity index (χ1) is 16.2. The molecule has 2 aliphatic heterocycles. The van der Waals surface area contributed by atoms with Crippen molar-refractivity contribution < 1.29 is 28.1 Å². The van der Waals surface area contributed by atoms with E-state index in [1.807, 2.05) is 29.2 Å². The maximum atomic E-state index is 12.9. The van der Waals surface area contributed by atoms with E-state index in [1.54, 1.807) is 0 Å². The van der Waals surface area contributed by atoms with Gasteiger partial charge in [0.2, 0.25) is 0 Å². The summed E-state index contributed by atoms with van der Waals surface area (Å²) in [6.45, 7) is 1.86. The Morgan fingerprint density at radius 1 is 1.12 bits per heavy atom. The van der Waals surface area contributed by atoms with Gasteiger partial charge in [0.05, 0.1) is 29.0 Å². The lowest BCUT2D eigenvalue weighted by Gasteiger charge is -2.37. The molecule has 1 aromatic heterocycles. The van der Waals surface area contributed by atoms with Crippen LogP contribution in [-0.4, -0.2) is 58.8 Å². The monoisotopic (exact) mass is 494 g/mol. The summed E-state index contributed by atoms with van der Waals surface area (Å²) in [7, 11) is 0. The van der Waals surface area contributed by atoms with Crippen LogP contribution < -0.4 is 10.6 Å². The second-order valence-electron chi connectivity index (χ2n) is 8.77. The van der Waals surface area contributed by atoms with E-state index in [0.717, 1.165) is 36.2 Å². The van der Waals surface area contributed by atoms with Crippen LogP contribution in [0.4, 0.5) is 24.0 Å². The average Bonchev–Trinajstić information content (AvgIpc) is 3.19. The van der Waals surface area contributed by atoms with Gasteiger partial charge in [-0.2, -0.15) is 13.2 Å². The number of aromatic nitrogens is 1. The fraction of sp³-hybridized carbons (Fsp3) is 0.435. The van der Waals surface area contributed by atoms with Crippen molar-refractivity contribution in [1.82, 2.24) is 9.88 Å². The zero-order valence-electron chi connectivity index (χ0n) is 18.2. The summed E-state index contributed by atoms with van der Waals surface area (Å²) < 4.78 is 44.4. The Hall–Kier alpha value is -2.44. The van der Waals surface area contributed by atoms with E-state index >= 15 is 0 Å². The van der Waals surface area contributed by atoms with Gasteiger partial charge in [0.15, 0.2) is 11.5 Å². The minimum absolute atomic E-state index is 0.121. The van der Waals surface area contributed by atoms with Gasteiger partial charge in [-0.25, -0.2) is 4.98 Å². The fourth-order valence-electron chi connectivity index (χ4n) is 4.20. The van der Waals surface area contributed by atoms with Crippen LogP contribution in [-0.2, 0) is 16.5 Å². The van der Waals surface area contributed by atoms with Crippen molar-refractivity contribution in [2.75, 3.05) is 36.9 Å². The van der Waals surface area contributed by atoms with Crippen LogP contribution in [0.1, 0.15) is 24.0 Å². The van der Waals surface area contributed by atoms with Gasteiger partial charge >= 0.3 is 6.18 Å². The van der Waals surface area contributed by atoms with Gasteiger partial charge in [0, 0.05) is 24.8 Å². The SMILES string of the molecule is OC(Nc1ccc(C2(O)COC2)cc1)N1CCC(Nc2nc3ccc(C(F)(F)F)cc3s2)CC1. The lowest BCUT2D eigenvalue weighted by Crippen LogP contribution is -2.48. The molecule has 4 N–H and O–H groups in total. The molecule has 7 nitrogen and oxygen atoms in total. The predicted molar refractivity (Wildman–Crippen MR) is 124 cm³/mol. The topological polar surface area (TPSA) is 89.9 Å². The number of piperidine rings is 1. The van der Waals surface area contributed by atoms with Crippen molar-refractivity contribution in [3.05, 3.63) is 53.6 Å². The number of hydrogen-bond donors (Lipinski definition) is 4. The molecule has 1 atom stereocenters. The zero-order chi connectivity index (χ0) is 23.9. The summed E-state index contributed by atoms with van der Waals surface area (Å²) in [6.07, 6.45) is -3.71. The largest absolute Gasteiger partial charge is 0.416 e. The number of aliphatic hydroxyl groups excluding tert-OH is 1. The van der Waals surface area contributed by atoms with E-state index in [2.05, 4.69) is 15.6 Å². The molecule has 2 fully saturated rings. The highest BCUT2D eigenvalue weighted by molar-refractivity contribution is 7.22.